The third kappa shape index (κ3) is 6.94. The molecule has 0 saturated heterocycles. The SMILES string of the molecule is CC(C)CONCC(O)COc1ccccc1. The first kappa shape index (κ1) is 14.0. The van der Waals surface area contributed by atoms with E-state index in [0.29, 0.717) is 19.1 Å². The van der Waals surface area contributed by atoms with Gasteiger partial charge in [-0.3, -0.25) is 0 Å². The molecule has 0 saturated carbocycles. The Morgan fingerprint density at radius 1 is 1.18 bits per heavy atom. The summed E-state index contributed by atoms with van der Waals surface area (Å²) in [4.78, 5) is 5.15. The summed E-state index contributed by atoms with van der Waals surface area (Å²) in [6, 6.07) is 9.42. The lowest BCUT2D eigenvalue weighted by Gasteiger charge is -2.13. The van der Waals surface area contributed by atoms with Crippen molar-refractivity contribution >= 4 is 0 Å². The molecule has 0 aliphatic carbocycles. The Labute approximate surface area is 103 Å². The lowest BCUT2D eigenvalue weighted by atomic mass is 10.2. The highest BCUT2D eigenvalue weighted by Gasteiger charge is 2.05. The van der Waals surface area contributed by atoms with Crippen molar-refractivity contribution in [3.05, 3.63) is 30.3 Å². The van der Waals surface area contributed by atoms with Gasteiger partial charge in [0.15, 0.2) is 0 Å². The number of hydrogen-bond donors (Lipinski definition) is 2. The monoisotopic (exact) mass is 239 g/mol. The first-order chi connectivity index (χ1) is 8.18. The van der Waals surface area contributed by atoms with Crippen LogP contribution in [0.25, 0.3) is 0 Å². The molecule has 0 fully saturated rings. The molecule has 17 heavy (non-hydrogen) atoms. The third-order valence-electron chi connectivity index (χ3n) is 2.02. The minimum absolute atomic E-state index is 0.252. The molecule has 2 N–H and O–H groups in total. The fraction of sp³-hybridized carbons (Fsp3) is 0.538. The van der Waals surface area contributed by atoms with Crippen molar-refractivity contribution in [3.8, 4) is 5.75 Å². The summed E-state index contributed by atoms with van der Waals surface area (Å²) in [5.74, 6) is 1.23. The van der Waals surface area contributed by atoms with Crippen LogP contribution >= 0.6 is 0 Å². The van der Waals surface area contributed by atoms with Gasteiger partial charge in [-0.2, -0.15) is 5.48 Å². The highest BCUT2D eigenvalue weighted by atomic mass is 16.6. The van der Waals surface area contributed by atoms with Crippen LogP contribution in [0.3, 0.4) is 0 Å². The van der Waals surface area contributed by atoms with Gasteiger partial charge in [0.25, 0.3) is 0 Å². The zero-order valence-electron chi connectivity index (χ0n) is 10.4. The number of para-hydroxylation sites is 1. The molecule has 1 rings (SSSR count). The number of aliphatic hydroxyl groups is 1. The van der Waals surface area contributed by atoms with Gasteiger partial charge in [-0.25, -0.2) is 0 Å². The normalized spacial score (nSPS) is 12.7. The molecule has 1 aromatic carbocycles. The van der Waals surface area contributed by atoms with Gasteiger partial charge >= 0.3 is 0 Å². The van der Waals surface area contributed by atoms with E-state index >= 15 is 0 Å². The topological polar surface area (TPSA) is 50.7 Å². The highest BCUT2D eigenvalue weighted by Crippen LogP contribution is 2.08. The number of hydrogen-bond acceptors (Lipinski definition) is 4. The fourth-order valence-corrected chi connectivity index (χ4v) is 1.15. The van der Waals surface area contributed by atoms with Gasteiger partial charge in [-0.1, -0.05) is 32.0 Å². The maximum absolute atomic E-state index is 9.61. The van der Waals surface area contributed by atoms with Crippen LogP contribution in [0.4, 0.5) is 0 Å². The summed E-state index contributed by atoms with van der Waals surface area (Å²) in [5.41, 5.74) is 2.72. The summed E-state index contributed by atoms with van der Waals surface area (Å²) in [7, 11) is 0. The Kier molecular flexibility index (Phi) is 6.62. The van der Waals surface area contributed by atoms with Gasteiger partial charge in [0.05, 0.1) is 13.2 Å². The molecule has 96 valence electrons. The molecule has 1 unspecified atom stereocenters. The Hall–Kier alpha value is -1.10. The van der Waals surface area contributed by atoms with Gasteiger partial charge in [0, 0.05) is 0 Å². The van der Waals surface area contributed by atoms with Gasteiger partial charge in [0.1, 0.15) is 18.5 Å². The molecule has 1 atom stereocenters. The van der Waals surface area contributed by atoms with E-state index in [1.165, 1.54) is 0 Å². The van der Waals surface area contributed by atoms with Crippen molar-refractivity contribution in [1.82, 2.24) is 5.48 Å². The summed E-state index contributed by atoms with van der Waals surface area (Å²) in [6.07, 6.45) is -0.581. The molecular weight excluding hydrogens is 218 g/mol. The molecule has 0 aliphatic heterocycles. The lowest BCUT2D eigenvalue weighted by Crippen LogP contribution is -2.32. The molecule has 0 radical (unpaired) electrons. The van der Waals surface area contributed by atoms with Crippen LogP contribution in [0.5, 0.6) is 5.75 Å². The van der Waals surface area contributed by atoms with Gasteiger partial charge < -0.3 is 14.7 Å². The Morgan fingerprint density at radius 3 is 2.53 bits per heavy atom. The first-order valence-corrected chi connectivity index (χ1v) is 5.89. The van der Waals surface area contributed by atoms with E-state index in [9.17, 15) is 5.11 Å². The minimum Gasteiger partial charge on any atom is -0.491 e. The molecule has 0 aromatic heterocycles. The molecule has 0 amide bonds. The van der Waals surface area contributed by atoms with Crippen molar-refractivity contribution in [2.24, 2.45) is 5.92 Å². The minimum atomic E-state index is -0.581. The number of hydroxylamine groups is 1. The molecule has 0 spiro atoms. The Bertz CT molecular complexity index is 290. The van der Waals surface area contributed by atoms with Crippen molar-refractivity contribution < 1.29 is 14.7 Å². The Balaban J connectivity index is 2.07. The molecule has 0 heterocycles. The van der Waals surface area contributed by atoms with Crippen LogP contribution in [-0.4, -0.2) is 31.0 Å². The standard InChI is InChI=1S/C13H21NO3/c1-11(2)9-17-14-8-12(15)10-16-13-6-4-3-5-7-13/h3-7,11-12,14-15H,8-10H2,1-2H3. The molecular formula is C13H21NO3. The maximum Gasteiger partial charge on any atom is 0.119 e. The van der Waals surface area contributed by atoms with Gasteiger partial charge in [-0.15, -0.1) is 0 Å². The largest absolute Gasteiger partial charge is 0.491 e. The average molecular weight is 239 g/mol. The van der Waals surface area contributed by atoms with E-state index in [-0.39, 0.29) is 6.61 Å². The zero-order valence-corrected chi connectivity index (χ0v) is 10.4. The summed E-state index contributed by atoms with van der Waals surface area (Å²) >= 11 is 0. The second-order valence-electron chi connectivity index (χ2n) is 4.33. The average Bonchev–Trinajstić information content (AvgIpc) is 2.33. The molecule has 4 nitrogen and oxygen atoms in total. The van der Waals surface area contributed by atoms with E-state index in [2.05, 4.69) is 19.3 Å². The van der Waals surface area contributed by atoms with Crippen molar-refractivity contribution in [3.63, 3.8) is 0 Å². The summed E-state index contributed by atoms with van der Waals surface area (Å²) < 4.78 is 5.40. The van der Waals surface area contributed by atoms with Crippen LogP contribution in [-0.2, 0) is 4.84 Å². The number of ether oxygens (including phenoxy) is 1. The van der Waals surface area contributed by atoms with Crippen LogP contribution in [0.2, 0.25) is 0 Å². The fourth-order valence-electron chi connectivity index (χ4n) is 1.15. The van der Waals surface area contributed by atoms with Crippen LogP contribution in [0.1, 0.15) is 13.8 Å². The number of aliphatic hydroxyl groups excluding tert-OH is 1. The predicted molar refractivity (Wildman–Crippen MR) is 66.7 cm³/mol. The van der Waals surface area contributed by atoms with Crippen LogP contribution in [0, 0.1) is 5.92 Å². The highest BCUT2D eigenvalue weighted by molar-refractivity contribution is 5.20. The first-order valence-electron chi connectivity index (χ1n) is 5.89. The zero-order chi connectivity index (χ0) is 12.5. The second kappa shape index (κ2) is 8.06. The van der Waals surface area contributed by atoms with Crippen molar-refractivity contribution in [2.75, 3.05) is 19.8 Å². The third-order valence-corrected chi connectivity index (χ3v) is 2.02. The van der Waals surface area contributed by atoms with Crippen LogP contribution < -0.4 is 10.2 Å². The van der Waals surface area contributed by atoms with E-state index in [1.807, 2.05) is 30.3 Å². The van der Waals surface area contributed by atoms with Crippen molar-refractivity contribution in [2.45, 2.75) is 20.0 Å². The molecule has 4 heteroatoms. The maximum atomic E-state index is 9.61. The second-order valence-corrected chi connectivity index (χ2v) is 4.33. The van der Waals surface area contributed by atoms with Crippen molar-refractivity contribution in [1.29, 1.82) is 0 Å². The molecule has 0 aliphatic rings. The molecule has 1 aromatic rings. The van der Waals surface area contributed by atoms with Gasteiger partial charge in [0.2, 0.25) is 0 Å². The van der Waals surface area contributed by atoms with E-state index in [0.717, 1.165) is 5.75 Å². The van der Waals surface area contributed by atoms with E-state index in [4.69, 9.17) is 9.57 Å². The van der Waals surface area contributed by atoms with E-state index < -0.39 is 6.10 Å². The smallest absolute Gasteiger partial charge is 0.119 e. The predicted octanol–water partition coefficient (Wildman–Crippen LogP) is 1.60. The lowest BCUT2D eigenvalue weighted by molar-refractivity contribution is -0.00773. The van der Waals surface area contributed by atoms with E-state index in [1.54, 1.807) is 0 Å². The molecule has 0 bridgehead atoms. The van der Waals surface area contributed by atoms with Gasteiger partial charge in [-0.05, 0) is 18.1 Å². The quantitative estimate of drug-likeness (QED) is 0.534. The van der Waals surface area contributed by atoms with Crippen LogP contribution in [0.15, 0.2) is 30.3 Å². The summed E-state index contributed by atoms with van der Waals surface area (Å²) in [6.45, 7) is 5.38. The Morgan fingerprint density at radius 2 is 1.88 bits per heavy atom. The number of benzene rings is 1. The number of nitrogens with one attached hydrogen (secondary N) is 1. The number of rotatable bonds is 8. The summed E-state index contributed by atoms with van der Waals surface area (Å²) in [5, 5.41) is 9.61.